The molecule has 1 saturated heterocycles. The smallest absolute Gasteiger partial charge is 0.328 e. The highest BCUT2D eigenvalue weighted by Gasteiger charge is 2.31. The molecule has 0 spiro atoms. The predicted molar refractivity (Wildman–Crippen MR) is 46.7 cm³/mol. The average molecular weight is 184 g/mol. The van der Waals surface area contributed by atoms with Gasteiger partial charge in [0.1, 0.15) is 6.04 Å². The molecule has 0 bridgehead atoms. The zero-order chi connectivity index (χ0) is 9.68. The van der Waals surface area contributed by atoms with Crippen LogP contribution in [0.15, 0.2) is 0 Å². The summed E-state index contributed by atoms with van der Waals surface area (Å²) in [5, 5.41) is 0. The van der Waals surface area contributed by atoms with E-state index in [0.717, 1.165) is 12.8 Å². The van der Waals surface area contributed by atoms with Gasteiger partial charge in [0.2, 0.25) is 0 Å². The third-order valence-corrected chi connectivity index (χ3v) is 2.09. The second-order valence-corrected chi connectivity index (χ2v) is 3.11. The summed E-state index contributed by atoms with van der Waals surface area (Å²) < 4.78 is 4.95. The van der Waals surface area contributed by atoms with E-state index in [1.807, 2.05) is 6.92 Å². The first-order valence-electron chi connectivity index (χ1n) is 4.60. The molecule has 1 aliphatic heterocycles. The summed E-state index contributed by atoms with van der Waals surface area (Å²) in [6, 6.07) is -0.385. The van der Waals surface area contributed by atoms with Crippen LogP contribution < -0.4 is 0 Å². The van der Waals surface area contributed by atoms with Gasteiger partial charge in [0.15, 0.2) is 0 Å². The zero-order valence-electron chi connectivity index (χ0n) is 7.78. The molecule has 13 heavy (non-hydrogen) atoms. The van der Waals surface area contributed by atoms with Crippen molar-refractivity contribution in [3.8, 4) is 0 Å². The van der Waals surface area contributed by atoms with Gasteiger partial charge in [-0.3, -0.25) is 4.79 Å². The number of nitrogens with zero attached hydrogens (tertiary/aromatic N) is 1. The van der Waals surface area contributed by atoms with Crippen LogP contribution in [0.5, 0.6) is 0 Å². The Morgan fingerprint density at radius 1 is 1.69 bits per heavy atom. The van der Waals surface area contributed by atoms with Gasteiger partial charge in [0.25, 0.3) is 0 Å². The number of carbonyl (C=O) groups excluding carboxylic acids is 2. The quantitative estimate of drug-likeness (QED) is 0.597. The number of hydrogen-bond acceptors (Lipinski definition) is 3. The molecule has 1 atom stereocenters. The Morgan fingerprint density at radius 3 is 3.08 bits per heavy atom. The summed E-state index contributed by atoms with van der Waals surface area (Å²) in [6.45, 7) is 2.99. The first kappa shape index (κ1) is 10.0. The van der Waals surface area contributed by atoms with Crippen LogP contribution in [-0.4, -0.2) is 36.5 Å². The number of esters is 1. The van der Waals surface area contributed by atoms with Crippen LogP contribution in [0.4, 0.5) is 0 Å². The highest BCUT2D eigenvalue weighted by atomic mass is 16.5. The van der Waals surface area contributed by atoms with Gasteiger partial charge in [0, 0.05) is 6.54 Å². The summed E-state index contributed by atoms with van der Waals surface area (Å²) in [5.41, 5.74) is 0. The van der Waals surface area contributed by atoms with E-state index < -0.39 is 0 Å². The van der Waals surface area contributed by atoms with Gasteiger partial charge < -0.3 is 9.64 Å². The Kier molecular flexibility index (Phi) is 3.73. The van der Waals surface area contributed by atoms with Gasteiger partial charge in [-0.2, -0.15) is 0 Å². The fourth-order valence-electron chi connectivity index (χ4n) is 1.42. The predicted octanol–water partition coefficient (Wildman–Crippen LogP) is 0.471. The third-order valence-electron chi connectivity index (χ3n) is 2.09. The van der Waals surface area contributed by atoms with Crippen molar-refractivity contribution in [2.75, 3.05) is 13.2 Å². The fourth-order valence-corrected chi connectivity index (χ4v) is 1.42. The summed E-state index contributed by atoms with van der Waals surface area (Å²) in [7, 11) is 0. The van der Waals surface area contributed by atoms with Crippen molar-refractivity contribution in [3.63, 3.8) is 0 Å². The summed E-state index contributed by atoms with van der Waals surface area (Å²) >= 11 is 0. The van der Waals surface area contributed by atoms with Crippen LogP contribution in [0.1, 0.15) is 26.2 Å². The Morgan fingerprint density at radius 2 is 2.46 bits per heavy atom. The van der Waals surface area contributed by atoms with Crippen molar-refractivity contribution in [1.29, 1.82) is 0 Å². The number of carbonyl (C=O) groups is 1. The Hall–Kier alpha value is -1.06. The molecule has 1 rings (SSSR count). The maximum atomic E-state index is 11.3. The molecular formula is C9H14NO3. The number of hydrogen-bond donors (Lipinski definition) is 0. The highest BCUT2D eigenvalue weighted by molar-refractivity contribution is 5.78. The van der Waals surface area contributed by atoms with Crippen LogP contribution in [0.25, 0.3) is 0 Å². The largest absolute Gasteiger partial charge is 0.464 e. The maximum Gasteiger partial charge on any atom is 0.328 e. The van der Waals surface area contributed by atoms with Gasteiger partial charge in [-0.05, 0) is 19.3 Å². The zero-order valence-corrected chi connectivity index (χ0v) is 7.78. The molecule has 4 nitrogen and oxygen atoms in total. The van der Waals surface area contributed by atoms with Crippen LogP contribution in [0.2, 0.25) is 0 Å². The summed E-state index contributed by atoms with van der Waals surface area (Å²) in [5.74, 6) is -0.289. The van der Waals surface area contributed by atoms with Gasteiger partial charge in [-0.1, -0.05) is 6.92 Å². The lowest BCUT2D eigenvalue weighted by atomic mass is 10.2. The van der Waals surface area contributed by atoms with Crippen molar-refractivity contribution in [2.24, 2.45) is 0 Å². The van der Waals surface area contributed by atoms with Gasteiger partial charge >= 0.3 is 12.4 Å². The van der Waals surface area contributed by atoms with E-state index in [1.165, 1.54) is 4.90 Å². The highest BCUT2D eigenvalue weighted by Crippen LogP contribution is 2.16. The molecule has 0 aromatic carbocycles. The normalized spacial score (nSPS) is 21.6. The first-order valence-corrected chi connectivity index (χ1v) is 4.60. The second-order valence-electron chi connectivity index (χ2n) is 3.11. The van der Waals surface area contributed by atoms with E-state index in [1.54, 1.807) is 6.41 Å². The number of likely N-dealkylation sites (tertiary alicyclic amines) is 1. The van der Waals surface area contributed by atoms with E-state index >= 15 is 0 Å². The fraction of sp³-hybridized carbons (Fsp3) is 0.778. The minimum absolute atomic E-state index is 0.289. The summed E-state index contributed by atoms with van der Waals surface area (Å²) in [6.07, 6.45) is 4.13. The van der Waals surface area contributed by atoms with E-state index in [9.17, 15) is 9.59 Å². The lowest BCUT2D eigenvalue weighted by Crippen LogP contribution is -2.36. The second kappa shape index (κ2) is 4.84. The van der Waals surface area contributed by atoms with Crippen molar-refractivity contribution < 1.29 is 14.3 Å². The molecule has 1 radical (unpaired) electrons. The minimum atomic E-state index is -0.385. The monoisotopic (exact) mass is 184 g/mol. The number of rotatable bonds is 4. The SMILES string of the molecule is CCCOC(=O)C1CCCN1[C]=O. The number of ether oxygens (including phenoxy) is 1. The van der Waals surface area contributed by atoms with Crippen LogP contribution in [0.3, 0.4) is 0 Å². The molecule has 1 unspecified atom stereocenters. The van der Waals surface area contributed by atoms with E-state index in [0.29, 0.717) is 19.6 Å². The number of amides is 1. The van der Waals surface area contributed by atoms with Crippen molar-refractivity contribution >= 4 is 12.4 Å². The Bertz CT molecular complexity index is 193. The molecule has 0 N–H and O–H groups in total. The Labute approximate surface area is 77.8 Å². The topological polar surface area (TPSA) is 46.6 Å². The van der Waals surface area contributed by atoms with Crippen LogP contribution in [-0.2, 0) is 14.3 Å². The van der Waals surface area contributed by atoms with E-state index in [2.05, 4.69) is 0 Å². The lowest BCUT2D eigenvalue weighted by molar-refractivity contribution is -0.147. The average Bonchev–Trinajstić information content (AvgIpc) is 2.61. The molecule has 0 saturated carbocycles. The Balaban J connectivity index is 2.40. The summed E-state index contributed by atoms with van der Waals surface area (Å²) in [4.78, 5) is 23.1. The van der Waals surface area contributed by atoms with Crippen LogP contribution in [0, 0.1) is 0 Å². The van der Waals surface area contributed by atoms with E-state index in [4.69, 9.17) is 4.74 Å². The first-order chi connectivity index (χ1) is 6.29. The lowest BCUT2D eigenvalue weighted by Gasteiger charge is -2.16. The third kappa shape index (κ3) is 2.44. The van der Waals surface area contributed by atoms with Crippen LogP contribution >= 0.6 is 0 Å². The van der Waals surface area contributed by atoms with Crippen molar-refractivity contribution in [3.05, 3.63) is 0 Å². The molecule has 4 heteroatoms. The molecule has 1 amide bonds. The molecule has 0 aromatic rings. The minimum Gasteiger partial charge on any atom is -0.464 e. The molecule has 0 aromatic heterocycles. The molecule has 1 fully saturated rings. The van der Waals surface area contributed by atoms with Gasteiger partial charge in [-0.25, -0.2) is 4.79 Å². The van der Waals surface area contributed by atoms with Gasteiger partial charge in [-0.15, -0.1) is 0 Å². The van der Waals surface area contributed by atoms with Crippen molar-refractivity contribution in [2.45, 2.75) is 32.2 Å². The molecule has 1 aliphatic rings. The molecule has 73 valence electrons. The maximum absolute atomic E-state index is 11.3. The van der Waals surface area contributed by atoms with Crippen molar-refractivity contribution in [1.82, 2.24) is 4.90 Å². The van der Waals surface area contributed by atoms with E-state index in [-0.39, 0.29) is 12.0 Å². The molecule has 0 aliphatic carbocycles. The molecular weight excluding hydrogens is 170 g/mol. The van der Waals surface area contributed by atoms with Gasteiger partial charge in [0.05, 0.1) is 6.61 Å². The standard InChI is InChI=1S/C9H14NO3/c1-2-6-13-9(12)8-4-3-5-10(8)7-11/h8H,2-6H2,1H3. The molecule has 1 heterocycles.